The lowest BCUT2D eigenvalue weighted by Crippen LogP contribution is -2.57. The summed E-state index contributed by atoms with van der Waals surface area (Å²) in [6.45, 7) is 5.19. The van der Waals surface area contributed by atoms with Crippen LogP contribution >= 0.6 is 0 Å². The predicted octanol–water partition coefficient (Wildman–Crippen LogP) is 1.92. The number of carboxylic acids is 1. The number of hydrogen-bond acceptors (Lipinski definition) is 3. The molecule has 1 atom stereocenters. The van der Waals surface area contributed by atoms with Gasteiger partial charge in [0.1, 0.15) is 5.54 Å². The van der Waals surface area contributed by atoms with E-state index < -0.39 is 11.5 Å². The van der Waals surface area contributed by atoms with Gasteiger partial charge in [-0.3, -0.25) is 0 Å². The van der Waals surface area contributed by atoms with Gasteiger partial charge in [-0.2, -0.15) is 0 Å². The van der Waals surface area contributed by atoms with Crippen LogP contribution in [0.1, 0.15) is 52.4 Å². The summed E-state index contributed by atoms with van der Waals surface area (Å²) in [6.07, 6.45) is 4.25. The number of nitrogens with zero attached hydrogens (tertiary/aromatic N) is 2. The summed E-state index contributed by atoms with van der Waals surface area (Å²) >= 11 is 0. The Balaban J connectivity index is 2.92. The van der Waals surface area contributed by atoms with Crippen molar-refractivity contribution in [2.24, 2.45) is 0 Å². The molecule has 1 saturated heterocycles. The molecule has 0 aliphatic carbocycles. The Kier molecular flexibility index (Phi) is 6.95. The van der Waals surface area contributed by atoms with Crippen LogP contribution in [0.2, 0.25) is 0 Å². The van der Waals surface area contributed by atoms with E-state index in [1.807, 2.05) is 13.8 Å². The standard InChI is InChI=1S/C15H28N2O4/c1-3-5-9-16(11-12-18)14(21)17-10-6-8-15(17,7-4-2)13(19)20/h18H,3-12H2,1-2H3,(H,19,20). The summed E-state index contributed by atoms with van der Waals surface area (Å²) in [6, 6.07) is -0.245. The summed E-state index contributed by atoms with van der Waals surface area (Å²) in [5.74, 6) is -0.908. The van der Waals surface area contributed by atoms with E-state index in [-0.39, 0.29) is 19.2 Å². The molecule has 6 nitrogen and oxygen atoms in total. The molecule has 0 aromatic rings. The molecule has 1 aliphatic rings. The first-order chi connectivity index (χ1) is 10.0. The first-order valence-corrected chi connectivity index (χ1v) is 7.94. The molecule has 6 heteroatoms. The van der Waals surface area contributed by atoms with Crippen LogP contribution in [-0.4, -0.2) is 63.8 Å². The molecular weight excluding hydrogens is 272 g/mol. The SMILES string of the molecule is CCCCN(CCO)C(=O)N1CCCC1(CCC)C(=O)O. The molecule has 0 bridgehead atoms. The van der Waals surface area contributed by atoms with Gasteiger partial charge >= 0.3 is 12.0 Å². The van der Waals surface area contributed by atoms with Crippen molar-refractivity contribution in [1.82, 2.24) is 9.80 Å². The van der Waals surface area contributed by atoms with Gasteiger partial charge in [-0.05, 0) is 25.7 Å². The molecule has 0 aromatic heterocycles. The van der Waals surface area contributed by atoms with Crippen LogP contribution in [0.15, 0.2) is 0 Å². The fourth-order valence-electron chi connectivity index (χ4n) is 3.10. The molecule has 0 aromatic carbocycles. The van der Waals surface area contributed by atoms with Crippen molar-refractivity contribution >= 4 is 12.0 Å². The van der Waals surface area contributed by atoms with Crippen molar-refractivity contribution < 1.29 is 19.8 Å². The highest BCUT2D eigenvalue weighted by molar-refractivity contribution is 5.87. The van der Waals surface area contributed by atoms with E-state index in [2.05, 4.69) is 0 Å². The average molecular weight is 300 g/mol. The lowest BCUT2D eigenvalue weighted by molar-refractivity contribution is -0.148. The third-order valence-electron chi connectivity index (χ3n) is 4.20. The highest BCUT2D eigenvalue weighted by Gasteiger charge is 2.50. The maximum Gasteiger partial charge on any atom is 0.329 e. The van der Waals surface area contributed by atoms with Crippen molar-refractivity contribution in [3.8, 4) is 0 Å². The second-order valence-electron chi connectivity index (χ2n) is 5.69. The van der Waals surface area contributed by atoms with Gasteiger partial charge in [0.25, 0.3) is 0 Å². The van der Waals surface area contributed by atoms with Crippen LogP contribution in [0.5, 0.6) is 0 Å². The third kappa shape index (κ3) is 3.87. The van der Waals surface area contributed by atoms with E-state index in [1.54, 1.807) is 4.90 Å². The zero-order valence-electron chi connectivity index (χ0n) is 13.2. The number of rotatable bonds is 8. The van der Waals surface area contributed by atoms with Crippen LogP contribution < -0.4 is 0 Å². The Bertz CT molecular complexity index is 362. The minimum Gasteiger partial charge on any atom is -0.479 e. The minimum atomic E-state index is -1.06. The van der Waals surface area contributed by atoms with Crippen LogP contribution in [-0.2, 0) is 4.79 Å². The van der Waals surface area contributed by atoms with Gasteiger partial charge in [0.15, 0.2) is 0 Å². The number of likely N-dealkylation sites (tertiary alicyclic amines) is 1. The van der Waals surface area contributed by atoms with E-state index in [1.165, 1.54) is 4.90 Å². The fourth-order valence-corrected chi connectivity index (χ4v) is 3.10. The van der Waals surface area contributed by atoms with Gasteiger partial charge in [-0.15, -0.1) is 0 Å². The van der Waals surface area contributed by atoms with Crippen LogP contribution in [0, 0.1) is 0 Å². The molecule has 1 aliphatic heterocycles. The highest BCUT2D eigenvalue weighted by Crippen LogP contribution is 2.34. The second kappa shape index (κ2) is 8.22. The van der Waals surface area contributed by atoms with Crippen molar-refractivity contribution in [2.75, 3.05) is 26.2 Å². The third-order valence-corrected chi connectivity index (χ3v) is 4.20. The predicted molar refractivity (Wildman–Crippen MR) is 80.2 cm³/mol. The number of carbonyl (C=O) groups excluding carboxylic acids is 1. The van der Waals surface area contributed by atoms with Crippen molar-refractivity contribution in [1.29, 1.82) is 0 Å². The van der Waals surface area contributed by atoms with E-state index >= 15 is 0 Å². The van der Waals surface area contributed by atoms with E-state index in [0.717, 1.165) is 25.7 Å². The lowest BCUT2D eigenvalue weighted by Gasteiger charge is -2.38. The number of carbonyl (C=O) groups is 2. The summed E-state index contributed by atoms with van der Waals surface area (Å²) in [5, 5.41) is 18.8. The quantitative estimate of drug-likeness (QED) is 0.717. The van der Waals surface area contributed by atoms with Crippen molar-refractivity contribution in [3.63, 3.8) is 0 Å². The molecule has 1 heterocycles. The first kappa shape index (κ1) is 17.8. The van der Waals surface area contributed by atoms with Crippen LogP contribution in [0.3, 0.4) is 0 Å². The first-order valence-electron chi connectivity index (χ1n) is 7.94. The maximum atomic E-state index is 12.7. The Labute approximate surface area is 126 Å². The molecule has 1 unspecified atom stereocenters. The fraction of sp³-hybridized carbons (Fsp3) is 0.867. The summed E-state index contributed by atoms with van der Waals surface area (Å²) in [5.41, 5.74) is -1.06. The number of carboxylic acid groups (broad SMARTS) is 1. The smallest absolute Gasteiger partial charge is 0.329 e. The maximum absolute atomic E-state index is 12.7. The van der Waals surface area contributed by atoms with Gasteiger partial charge < -0.3 is 20.0 Å². The average Bonchev–Trinajstić information content (AvgIpc) is 2.88. The van der Waals surface area contributed by atoms with Gasteiger partial charge in [0.2, 0.25) is 0 Å². The number of aliphatic carboxylic acids is 1. The molecular formula is C15H28N2O4. The molecule has 21 heavy (non-hydrogen) atoms. The minimum absolute atomic E-state index is 0.100. The van der Waals surface area contributed by atoms with E-state index in [9.17, 15) is 14.7 Å². The number of aliphatic hydroxyl groups is 1. The number of unbranched alkanes of at least 4 members (excludes halogenated alkanes) is 1. The van der Waals surface area contributed by atoms with Crippen LogP contribution in [0.4, 0.5) is 4.79 Å². The normalized spacial score (nSPS) is 21.6. The largest absolute Gasteiger partial charge is 0.479 e. The monoisotopic (exact) mass is 300 g/mol. The number of amides is 2. The van der Waals surface area contributed by atoms with Crippen LogP contribution in [0.25, 0.3) is 0 Å². The summed E-state index contributed by atoms with van der Waals surface area (Å²) in [4.78, 5) is 27.6. The van der Waals surface area contributed by atoms with Gasteiger partial charge in [-0.25, -0.2) is 9.59 Å². The summed E-state index contributed by atoms with van der Waals surface area (Å²) < 4.78 is 0. The van der Waals surface area contributed by atoms with Gasteiger partial charge in [0.05, 0.1) is 6.61 Å². The molecule has 1 rings (SSSR count). The molecule has 1 fully saturated rings. The topological polar surface area (TPSA) is 81.1 Å². The molecule has 122 valence electrons. The number of urea groups is 1. The zero-order chi connectivity index (χ0) is 15.9. The molecule has 2 amide bonds. The number of aliphatic hydroxyl groups excluding tert-OH is 1. The van der Waals surface area contributed by atoms with E-state index in [0.29, 0.717) is 25.9 Å². The molecule has 2 N–H and O–H groups in total. The summed E-state index contributed by atoms with van der Waals surface area (Å²) in [7, 11) is 0. The van der Waals surface area contributed by atoms with Crippen molar-refractivity contribution in [2.45, 2.75) is 57.9 Å². The van der Waals surface area contributed by atoms with Crippen molar-refractivity contribution in [3.05, 3.63) is 0 Å². The van der Waals surface area contributed by atoms with E-state index in [4.69, 9.17) is 5.11 Å². The Hall–Kier alpha value is -1.30. The molecule has 0 saturated carbocycles. The number of hydrogen-bond donors (Lipinski definition) is 2. The molecule has 0 radical (unpaired) electrons. The van der Waals surface area contributed by atoms with Gasteiger partial charge in [0, 0.05) is 19.6 Å². The molecule has 0 spiro atoms. The second-order valence-corrected chi connectivity index (χ2v) is 5.69. The zero-order valence-corrected chi connectivity index (χ0v) is 13.2. The Morgan fingerprint density at radius 1 is 1.24 bits per heavy atom. The van der Waals surface area contributed by atoms with Gasteiger partial charge in [-0.1, -0.05) is 26.7 Å². The highest BCUT2D eigenvalue weighted by atomic mass is 16.4. The lowest BCUT2D eigenvalue weighted by atomic mass is 9.91. The Morgan fingerprint density at radius 3 is 2.48 bits per heavy atom. The Morgan fingerprint density at radius 2 is 1.95 bits per heavy atom.